The van der Waals surface area contributed by atoms with Crippen molar-refractivity contribution in [3.05, 3.63) is 28.2 Å². The van der Waals surface area contributed by atoms with E-state index in [0.29, 0.717) is 28.9 Å². The van der Waals surface area contributed by atoms with Crippen LogP contribution in [0.15, 0.2) is 18.2 Å². The van der Waals surface area contributed by atoms with E-state index < -0.39 is 0 Å². The molecule has 2 N–H and O–H groups in total. The molecular weight excluding hydrogens is 313 g/mol. The lowest BCUT2D eigenvalue weighted by Gasteiger charge is -2.27. The lowest BCUT2D eigenvalue weighted by atomic mass is 10.3. The van der Waals surface area contributed by atoms with Crippen LogP contribution in [0.3, 0.4) is 0 Å². The smallest absolute Gasteiger partial charge is 0.238 e. The molecule has 116 valence electrons. The molecular formula is C14H19Cl2N3O2. The molecule has 1 atom stereocenters. The number of likely N-dealkylation sites (N-methyl/N-ethyl adjacent to an activating group) is 1. The number of hydrogen-bond acceptors (Lipinski definition) is 4. The van der Waals surface area contributed by atoms with Crippen molar-refractivity contribution < 1.29 is 9.53 Å². The second-order valence-electron chi connectivity index (χ2n) is 5.07. The summed E-state index contributed by atoms with van der Waals surface area (Å²) in [7, 11) is 1.89. The molecule has 7 heteroatoms. The number of benzene rings is 1. The predicted molar refractivity (Wildman–Crippen MR) is 85.2 cm³/mol. The molecule has 1 aromatic rings. The van der Waals surface area contributed by atoms with Crippen LogP contribution in [-0.4, -0.2) is 56.7 Å². The summed E-state index contributed by atoms with van der Waals surface area (Å²) in [5.74, 6) is -0.134. The number of ether oxygens (including phenoxy) is 1. The molecule has 1 saturated heterocycles. The predicted octanol–water partition coefficient (Wildman–Crippen LogP) is 1.85. The summed E-state index contributed by atoms with van der Waals surface area (Å²) in [6, 6.07) is 4.97. The second-order valence-corrected chi connectivity index (χ2v) is 5.91. The second kappa shape index (κ2) is 7.96. The van der Waals surface area contributed by atoms with Gasteiger partial charge in [-0.05, 0) is 25.2 Å². The van der Waals surface area contributed by atoms with Gasteiger partial charge in [-0.2, -0.15) is 0 Å². The first-order valence-electron chi connectivity index (χ1n) is 6.80. The van der Waals surface area contributed by atoms with Gasteiger partial charge in [0.15, 0.2) is 0 Å². The van der Waals surface area contributed by atoms with Crippen LogP contribution in [0.1, 0.15) is 0 Å². The lowest BCUT2D eigenvalue weighted by Crippen LogP contribution is -2.45. The number of halogens is 2. The third kappa shape index (κ3) is 5.45. The van der Waals surface area contributed by atoms with Crippen molar-refractivity contribution in [3.8, 4) is 0 Å². The molecule has 0 bridgehead atoms. The molecule has 1 aliphatic rings. The van der Waals surface area contributed by atoms with Crippen LogP contribution in [0.4, 0.5) is 5.69 Å². The summed E-state index contributed by atoms with van der Waals surface area (Å²) in [5, 5.41) is 7.03. The molecule has 0 aliphatic carbocycles. The molecule has 1 aliphatic heterocycles. The fourth-order valence-corrected chi connectivity index (χ4v) is 2.51. The Hall–Kier alpha value is -0.850. The average molecular weight is 332 g/mol. The SMILES string of the molecule is CN(CC(=O)Nc1cc(Cl)ccc1Cl)CC1CNCCO1. The highest BCUT2D eigenvalue weighted by Crippen LogP contribution is 2.25. The molecule has 1 heterocycles. The van der Waals surface area contributed by atoms with Gasteiger partial charge < -0.3 is 15.4 Å². The Balaban J connectivity index is 1.81. The summed E-state index contributed by atoms with van der Waals surface area (Å²) in [4.78, 5) is 13.9. The monoisotopic (exact) mass is 331 g/mol. The van der Waals surface area contributed by atoms with Gasteiger partial charge in [0.05, 0.1) is 30.0 Å². The Morgan fingerprint density at radius 3 is 3.05 bits per heavy atom. The molecule has 2 rings (SSSR count). The van der Waals surface area contributed by atoms with Crippen LogP contribution < -0.4 is 10.6 Å². The van der Waals surface area contributed by atoms with Crippen LogP contribution in [0, 0.1) is 0 Å². The summed E-state index contributed by atoms with van der Waals surface area (Å²) in [5.41, 5.74) is 0.526. The summed E-state index contributed by atoms with van der Waals surface area (Å²) >= 11 is 11.9. The standard InChI is InChI=1S/C14H19Cl2N3O2/c1-19(8-11-7-17-4-5-21-11)9-14(20)18-13-6-10(15)2-3-12(13)16/h2-3,6,11,17H,4-5,7-9H2,1H3,(H,18,20). The van der Waals surface area contributed by atoms with Crippen LogP contribution in [-0.2, 0) is 9.53 Å². The normalized spacial score (nSPS) is 18.8. The summed E-state index contributed by atoms with van der Waals surface area (Å²) in [6.45, 7) is 3.37. The Morgan fingerprint density at radius 2 is 2.33 bits per heavy atom. The van der Waals surface area contributed by atoms with Gasteiger partial charge in [-0.3, -0.25) is 9.69 Å². The number of nitrogens with zero attached hydrogens (tertiary/aromatic N) is 1. The maximum Gasteiger partial charge on any atom is 0.238 e. The number of nitrogens with one attached hydrogen (secondary N) is 2. The highest BCUT2D eigenvalue weighted by molar-refractivity contribution is 6.35. The number of morpholine rings is 1. The van der Waals surface area contributed by atoms with Gasteiger partial charge >= 0.3 is 0 Å². The molecule has 1 aromatic carbocycles. The van der Waals surface area contributed by atoms with Crippen molar-refractivity contribution in [2.75, 3.05) is 45.2 Å². The van der Waals surface area contributed by atoms with Gasteiger partial charge in [-0.1, -0.05) is 23.2 Å². The largest absolute Gasteiger partial charge is 0.374 e. The third-order valence-corrected chi connectivity index (χ3v) is 3.70. The minimum Gasteiger partial charge on any atom is -0.374 e. The van der Waals surface area contributed by atoms with E-state index in [0.717, 1.165) is 13.1 Å². The highest BCUT2D eigenvalue weighted by Gasteiger charge is 2.17. The molecule has 0 radical (unpaired) electrons. The lowest BCUT2D eigenvalue weighted by molar-refractivity contribution is -0.117. The van der Waals surface area contributed by atoms with Crippen LogP contribution in [0.25, 0.3) is 0 Å². The topological polar surface area (TPSA) is 53.6 Å². The minimum absolute atomic E-state index is 0.117. The molecule has 1 unspecified atom stereocenters. The van der Waals surface area contributed by atoms with Gasteiger partial charge in [0.1, 0.15) is 0 Å². The van der Waals surface area contributed by atoms with Crippen LogP contribution in [0.2, 0.25) is 10.0 Å². The zero-order valence-electron chi connectivity index (χ0n) is 11.9. The van der Waals surface area contributed by atoms with E-state index in [1.165, 1.54) is 0 Å². The van der Waals surface area contributed by atoms with Gasteiger partial charge in [0.25, 0.3) is 0 Å². The van der Waals surface area contributed by atoms with E-state index in [-0.39, 0.29) is 18.6 Å². The maximum atomic E-state index is 12.0. The molecule has 5 nitrogen and oxygen atoms in total. The number of hydrogen-bond donors (Lipinski definition) is 2. The van der Waals surface area contributed by atoms with Crippen LogP contribution >= 0.6 is 23.2 Å². The zero-order valence-corrected chi connectivity index (χ0v) is 13.4. The zero-order chi connectivity index (χ0) is 15.2. The number of carbonyl (C=O) groups is 1. The summed E-state index contributed by atoms with van der Waals surface area (Å²) < 4.78 is 5.61. The fourth-order valence-electron chi connectivity index (χ4n) is 2.18. The first-order valence-corrected chi connectivity index (χ1v) is 7.56. The van der Waals surface area contributed by atoms with Crippen molar-refractivity contribution in [2.45, 2.75) is 6.10 Å². The van der Waals surface area contributed by atoms with E-state index in [1.54, 1.807) is 18.2 Å². The molecule has 0 aromatic heterocycles. The number of carbonyl (C=O) groups excluding carboxylic acids is 1. The number of amides is 1. The molecule has 21 heavy (non-hydrogen) atoms. The van der Waals surface area contributed by atoms with E-state index >= 15 is 0 Å². The number of rotatable bonds is 5. The Bertz CT molecular complexity index is 493. The molecule has 1 fully saturated rings. The van der Waals surface area contributed by atoms with Gasteiger partial charge in [0, 0.05) is 24.7 Å². The van der Waals surface area contributed by atoms with Crippen molar-refractivity contribution >= 4 is 34.8 Å². The fraction of sp³-hybridized carbons (Fsp3) is 0.500. The quantitative estimate of drug-likeness (QED) is 0.864. The molecule has 1 amide bonds. The summed E-state index contributed by atoms with van der Waals surface area (Å²) in [6.07, 6.45) is 0.117. The van der Waals surface area contributed by atoms with E-state index in [2.05, 4.69) is 10.6 Å². The first-order chi connectivity index (χ1) is 10.0. The molecule has 0 saturated carbocycles. The Kier molecular flexibility index (Phi) is 6.26. The minimum atomic E-state index is -0.134. The van der Waals surface area contributed by atoms with Gasteiger partial charge in [-0.25, -0.2) is 0 Å². The van der Waals surface area contributed by atoms with Crippen molar-refractivity contribution in [1.82, 2.24) is 10.2 Å². The van der Waals surface area contributed by atoms with Crippen LogP contribution in [0.5, 0.6) is 0 Å². The van der Waals surface area contributed by atoms with E-state index in [9.17, 15) is 4.79 Å². The van der Waals surface area contributed by atoms with E-state index in [4.69, 9.17) is 27.9 Å². The highest BCUT2D eigenvalue weighted by atomic mass is 35.5. The molecule has 0 spiro atoms. The first kappa shape index (κ1) is 16.5. The Morgan fingerprint density at radius 1 is 1.52 bits per heavy atom. The van der Waals surface area contributed by atoms with Crippen molar-refractivity contribution in [1.29, 1.82) is 0 Å². The number of anilines is 1. The van der Waals surface area contributed by atoms with Crippen molar-refractivity contribution in [2.24, 2.45) is 0 Å². The van der Waals surface area contributed by atoms with Gasteiger partial charge in [-0.15, -0.1) is 0 Å². The maximum absolute atomic E-state index is 12.0. The third-order valence-electron chi connectivity index (χ3n) is 3.14. The van der Waals surface area contributed by atoms with Gasteiger partial charge in [0.2, 0.25) is 5.91 Å². The van der Waals surface area contributed by atoms with E-state index in [1.807, 2.05) is 11.9 Å². The average Bonchev–Trinajstić information content (AvgIpc) is 2.43. The van der Waals surface area contributed by atoms with Crippen molar-refractivity contribution in [3.63, 3.8) is 0 Å². The Labute approximate surface area is 134 Å².